The summed E-state index contributed by atoms with van der Waals surface area (Å²) in [5.74, 6) is -0.371. The normalized spacial score (nSPS) is 13.6. The predicted octanol–water partition coefficient (Wildman–Crippen LogP) is 3.14. The second-order valence-corrected chi connectivity index (χ2v) is 7.71. The molecule has 0 heterocycles. The van der Waals surface area contributed by atoms with Crippen LogP contribution in [0.2, 0.25) is 0 Å². The Labute approximate surface area is 133 Å². The molecular formula is C13H18N2O7S. The highest BCUT2D eigenvalue weighted by atomic mass is 32.2. The van der Waals surface area contributed by atoms with Gasteiger partial charge in [-0.05, 0) is 31.7 Å². The first-order valence-electron chi connectivity index (χ1n) is 6.78. The van der Waals surface area contributed by atoms with E-state index in [0.717, 1.165) is 19.9 Å². The fourth-order valence-corrected chi connectivity index (χ4v) is 2.76. The molecule has 0 fully saturated rings. The number of hydrogen-bond acceptors (Lipinski definition) is 6. The van der Waals surface area contributed by atoms with Gasteiger partial charge in [0.25, 0.3) is 21.5 Å². The van der Waals surface area contributed by atoms with Crippen LogP contribution < -0.4 is 0 Å². The molecule has 0 spiro atoms. The second-order valence-electron chi connectivity index (χ2n) is 5.74. The Morgan fingerprint density at radius 2 is 1.74 bits per heavy atom. The van der Waals surface area contributed by atoms with E-state index in [4.69, 9.17) is 0 Å². The molecule has 1 atom stereocenters. The van der Waals surface area contributed by atoms with Crippen molar-refractivity contribution in [2.24, 2.45) is 0 Å². The van der Waals surface area contributed by atoms with Gasteiger partial charge in [0.2, 0.25) is 0 Å². The molecule has 0 aliphatic rings. The van der Waals surface area contributed by atoms with Gasteiger partial charge in [0.15, 0.2) is 0 Å². The molecule has 128 valence electrons. The molecule has 1 N–H and O–H groups in total. The van der Waals surface area contributed by atoms with Crippen LogP contribution in [-0.4, -0.2) is 22.8 Å². The molecule has 0 bridgehead atoms. The van der Waals surface area contributed by atoms with Gasteiger partial charge < -0.3 is 0 Å². The lowest BCUT2D eigenvalue weighted by Crippen LogP contribution is -2.31. The van der Waals surface area contributed by atoms with Crippen LogP contribution in [0.15, 0.2) is 12.1 Å². The van der Waals surface area contributed by atoms with Gasteiger partial charge >= 0.3 is 0 Å². The standard InChI is InChI=1S/C13H18N2O7S/c1-5-8(2)10-6-9(14(16)17)7-11(15(18)19)12(10)13(3,4)23(20,21)22/h6-8H,5H2,1-4H3,(H,20,21,22). The van der Waals surface area contributed by atoms with Crippen LogP contribution in [0.3, 0.4) is 0 Å². The van der Waals surface area contributed by atoms with E-state index >= 15 is 0 Å². The summed E-state index contributed by atoms with van der Waals surface area (Å²) in [4.78, 5) is 20.7. The molecule has 0 aromatic heterocycles. The Hall–Kier alpha value is -2.07. The maximum Gasteiger partial charge on any atom is 0.281 e. The molecule has 1 aromatic carbocycles. The van der Waals surface area contributed by atoms with Gasteiger partial charge in [0.05, 0.1) is 21.5 Å². The zero-order valence-corrected chi connectivity index (χ0v) is 14.0. The Kier molecular flexibility index (Phi) is 5.12. The molecule has 0 aliphatic heterocycles. The Morgan fingerprint density at radius 1 is 1.22 bits per heavy atom. The lowest BCUT2D eigenvalue weighted by atomic mass is 9.86. The van der Waals surface area contributed by atoms with Crippen molar-refractivity contribution in [2.45, 2.75) is 44.8 Å². The SMILES string of the molecule is CCC(C)c1cc([N+](=O)[O-])cc([N+](=O)[O-])c1C(C)(C)S(=O)(=O)O. The molecule has 10 heteroatoms. The predicted molar refractivity (Wildman–Crippen MR) is 83.0 cm³/mol. The highest BCUT2D eigenvalue weighted by Crippen LogP contribution is 2.43. The number of nitro groups is 2. The summed E-state index contributed by atoms with van der Waals surface area (Å²) in [5, 5.41) is 22.4. The topological polar surface area (TPSA) is 141 Å². The molecule has 0 saturated heterocycles. The number of nitrogens with zero attached hydrogens (tertiary/aromatic N) is 2. The molecule has 0 aliphatic carbocycles. The minimum atomic E-state index is -4.68. The fraction of sp³-hybridized carbons (Fsp3) is 0.538. The smallest absolute Gasteiger partial charge is 0.281 e. The molecule has 1 rings (SSSR count). The molecule has 1 aromatic rings. The number of non-ortho nitro benzene ring substituents is 1. The summed E-state index contributed by atoms with van der Waals surface area (Å²) < 4.78 is 30.9. The van der Waals surface area contributed by atoms with Crippen molar-refractivity contribution in [1.29, 1.82) is 0 Å². The van der Waals surface area contributed by atoms with Crippen LogP contribution in [0.4, 0.5) is 11.4 Å². The van der Waals surface area contributed by atoms with Crippen LogP contribution >= 0.6 is 0 Å². The molecule has 1 unspecified atom stereocenters. The van der Waals surface area contributed by atoms with Crippen LogP contribution in [-0.2, 0) is 14.9 Å². The maximum absolute atomic E-state index is 11.7. The molecule has 0 saturated carbocycles. The minimum absolute atomic E-state index is 0.163. The highest BCUT2D eigenvalue weighted by molar-refractivity contribution is 7.86. The molecule has 0 amide bonds. The van der Waals surface area contributed by atoms with E-state index in [1.165, 1.54) is 0 Å². The van der Waals surface area contributed by atoms with E-state index in [-0.39, 0.29) is 17.0 Å². The minimum Gasteiger partial charge on any atom is -0.285 e. The average molecular weight is 346 g/mol. The highest BCUT2D eigenvalue weighted by Gasteiger charge is 2.43. The largest absolute Gasteiger partial charge is 0.285 e. The molecular weight excluding hydrogens is 328 g/mol. The van der Waals surface area contributed by atoms with Crippen molar-refractivity contribution in [3.63, 3.8) is 0 Å². The van der Waals surface area contributed by atoms with E-state index in [0.29, 0.717) is 12.5 Å². The van der Waals surface area contributed by atoms with Crippen molar-refractivity contribution in [3.8, 4) is 0 Å². The van der Waals surface area contributed by atoms with E-state index in [1.54, 1.807) is 13.8 Å². The first-order valence-corrected chi connectivity index (χ1v) is 8.22. The first-order chi connectivity index (χ1) is 10.3. The Balaban J connectivity index is 3.99. The van der Waals surface area contributed by atoms with Crippen LogP contribution in [0.25, 0.3) is 0 Å². The third kappa shape index (κ3) is 3.48. The number of rotatable bonds is 6. The Bertz CT molecular complexity index is 756. The fourth-order valence-electron chi connectivity index (χ4n) is 2.28. The van der Waals surface area contributed by atoms with Crippen molar-refractivity contribution in [3.05, 3.63) is 43.5 Å². The second kappa shape index (κ2) is 6.20. The average Bonchev–Trinajstić information content (AvgIpc) is 2.43. The monoisotopic (exact) mass is 346 g/mol. The van der Waals surface area contributed by atoms with Crippen molar-refractivity contribution < 1.29 is 22.8 Å². The lowest BCUT2D eigenvalue weighted by molar-refractivity contribution is -0.394. The Morgan fingerprint density at radius 3 is 2.09 bits per heavy atom. The van der Waals surface area contributed by atoms with Gasteiger partial charge in [-0.1, -0.05) is 13.8 Å². The molecule has 23 heavy (non-hydrogen) atoms. The van der Waals surface area contributed by atoms with Gasteiger partial charge in [-0.3, -0.25) is 24.8 Å². The number of hydrogen-bond donors (Lipinski definition) is 1. The van der Waals surface area contributed by atoms with Gasteiger partial charge in [-0.15, -0.1) is 0 Å². The van der Waals surface area contributed by atoms with Gasteiger partial charge in [0.1, 0.15) is 4.75 Å². The van der Waals surface area contributed by atoms with E-state index in [2.05, 4.69) is 0 Å². The molecule has 0 radical (unpaired) electrons. The molecule has 9 nitrogen and oxygen atoms in total. The van der Waals surface area contributed by atoms with E-state index < -0.39 is 36.1 Å². The summed E-state index contributed by atoms with van der Waals surface area (Å²) >= 11 is 0. The number of nitro benzene ring substituents is 2. The van der Waals surface area contributed by atoms with Gasteiger partial charge in [-0.25, -0.2) is 0 Å². The van der Waals surface area contributed by atoms with Crippen molar-refractivity contribution in [1.82, 2.24) is 0 Å². The maximum atomic E-state index is 11.7. The van der Waals surface area contributed by atoms with Gasteiger partial charge in [0, 0.05) is 6.07 Å². The van der Waals surface area contributed by atoms with E-state index in [1.807, 2.05) is 0 Å². The summed E-state index contributed by atoms with van der Waals surface area (Å²) in [6.45, 7) is 5.69. The zero-order chi connectivity index (χ0) is 18.2. The summed E-state index contributed by atoms with van der Waals surface area (Å²) in [6, 6.07) is 1.84. The summed E-state index contributed by atoms with van der Waals surface area (Å²) in [5.41, 5.74) is -1.26. The first kappa shape index (κ1) is 19.0. The lowest BCUT2D eigenvalue weighted by Gasteiger charge is -2.26. The zero-order valence-electron chi connectivity index (χ0n) is 13.1. The summed E-state index contributed by atoms with van der Waals surface area (Å²) in [7, 11) is -4.68. The van der Waals surface area contributed by atoms with Crippen LogP contribution in [0.5, 0.6) is 0 Å². The summed E-state index contributed by atoms with van der Waals surface area (Å²) in [6.07, 6.45) is 0.479. The van der Waals surface area contributed by atoms with Crippen LogP contribution in [0.1, 0.15) is 51.2 Å². The van der Waals surface area contributed by atoms with Crippen molar-refractivity contribution in [2.75, 3.05) is 0 Å². The third-order valence-electron chi connectivity index (χ3n) is 3.93. The van der Waals surface area contributed by atoms with Crippen LogP contribution in [0, 0.1) is 20.2 Å². The van der Waals surface area contributed by atoms with Crippen molar-refractivity contribution >= 4 is 21.5 Å². The van der Waals surface area contributed by atoms with E-state index in [9.17, 15) is 33.2 Å². The van der Waals surface area contributed by atoms with Gasteiger partial charge in [-0.2, -0.15) is 8.42 Å². The number of benzene rings is 1. The quantitative estimate of drug-likeness (QED) is 0.474. The third-order valence-corrected chi connectivity index (χ3v) is 5.42.